The molecule has 0 radical (unpaired) electrons. The third-order valence-electron chi connectivity index (χ3n) is 2.19. The third kappa shape index (κ3) is 5.41. The van der Waals surface area contributed by atoms with Crippen LogP contribution in [0.1, 0.15) is 25.0 Å². The van der Waals surface area contributed by atoms with E-state index in [2.05, 4.69) is 5.32 Å². The highest BCUT2D eigenvalue weighted by molar-refractivity contribution is 5.85. The Bertz CT molecular complexity index is 337. The summed E-state index contributed by atoms with van der Waals surface area (Å²) in [5, 5.41) is 3.01. The lowest BCUT2D eigenvalue weighted by Gasteiger charge is -2.13. The molecule has 0 heterocycles. The zero-order chi connectivity index (χ0) is 12.2. The average Bonchev–Trinajstić information content (AvgIpc) is 2.16. The number of alkyl halides is 3. The van der Waals surface area contributed by atoms with Gasteiger partial charge in [-0.15, -0.1) is 12.4 Å². The predicted molar refractivity (Wildman–Crippen MR) is 65.2 cm³/mol. The van der Waals surface area contributed by atoms with E-state index >= 15 is 0 Å². The first-order chi connectivity index (χ1) is 7.41. The van der Waals surface area contributed by atoms with Gasteiger partial charge in [-0.05, 0) is 24.1 Å². The minimum atomic E-state index is -4.27. The van der Waals surface area contributed by atoms with Crippen LogP contribution in [0.5, 0.6) is 0 Å². The van der Waals surface area contributed by atoms with Gasteiger partial charge in [-0.2, -0.15) is 13.2 Å². The van der Waals surface area contributed by atoms with Gasteiger partial charge in [0.2, 0.25) is 0 Å². The molecule has 98 valence electrons. The molecule has 5 heteroatoms. The van der Waals surface area contributed by atoms with Gasteiger partial charge in [0, 0.05) is 6.54 Å². The highest BCUT2D eigenvalue weighted by Gasteiger charge is 2.32. The molecule has 0 aliphatic carbocycles. The van der Waals surface area contributed by atoms with Crippen LogP contribution in [0.3, 0.4) is 0 Å². The molecule has 0 fully saturated rings. The van der Waals surface area contributed by atoms with Crippen LogP contribution in [0.2, 0.25) is 0 Å². The molecule has 1 rings (SSSR count). The van der Waals surface area contributed by atoms with E-state index in [-0.39, 0.29) is 19.0 Å². The predicted octanol–water partition coefficient (Wildman–Crippen LogP) is 3.87. The van der Waals surface area contributed by atoms with E-state index in [0.29, 0.717) is 18.0 Å². The average molecular weight is 268 g/mol. The van der Waals surface area contributed by atoms with Crippen LogP contribution >= 0.6 is 12.4 Å². The van der Waals surface area contributed by atoms with Crippen LogP contribution < -0.4 is 5.32 Å². The van der Waals surface area contributed by atoms with Crippen molar-refractivity contribution in [3.05, 3.63) is 35.4 Å². The molecule has 1 N–H and O–H groups in total. The van der Waals surface area contributed by atoms with E-state index in [4.69, 9.17) is 0 Å². The molecule has 0 aliphatic rings. The lowest BCUT2D eigenvalue weighted by atomic mass is 10.1. The number of halogens is 4. The van der Waals surface area contributed by atoms with Gasteiger partial charge in [-0.25, -0.2) is 0 Å². The summed E-state index contributed by atoms with van der Waals surface area (Å²) in [7, 11) is 0. The molecule has 0 bridgehead atoms. The Labute approximate surface area is 106 Å². The Morgan fingerprint density at radius 2 is 1.76 bits per heavy atom. The smallest absolute Gasteiger partial charge is 0.312 e. The van der Waals surface area contributed by atoms with Crippen LogP contribution in [0.15, 0.2) is 24.3 Å². The van der Waals surface area contributed by atoms with Crippen molar-refractivity contribution in [1.29, 1.82) is 0 Å². The number of rotatable bonds is 4. The fourth-order valence-electron chi connectivity index (χ4n) is 1.45. The summed E-state index contributed by atoms with van der Waals surface area (Å²) < 4.78 is 37.8. The van der Waals surface area contributed by atoms with Gasteiger partial charge in [-0.3, -0.25) is 0 Å². The van der Waals surface area contributed by atoms with Gasteiger partial charge in [0.05, 0.1) is 5.56 Å². The van der Waals surface area contributed by atoms with Crippen LogP contribution in [0, 0.1) is 5.92 Å². The van der Waals surface area contributed by atoms with E-state index in [1.54, 1.807) is 6.07 Å². The van der Waals surface area contributed by atoms with Crippen molar-refractivity contribution in [1.82, 2.24) is 5.32 Å². The summed E-state index contributed by atoms with van der Waals surface area (Å²) in [4.78, 5) is 0. The molecule has 1 aromatic carbocycles. The highest BCUT2D eigenvalue weighted by Crippen LogP contribution is 2.31. The molecule has 0 aromatic heterocycles. The van der Waals surface area contributed by atoms with Crippen molar-refractivity contribution in [2.24, 2.45) is 5.92 Å². The molecule has 0 atom stereocenters. The summed E-state index contributed by atoms with van der Waals surface area (Å²) in [6, 6.07) is 5.67. The molecular formula is C12H17ClF3N. The maximum absolute atomic E-state index is 12.6. The molecule has 17 heavy (non-hydrogen) atoms. The van der Waals surface area contributed by atoms with Crippen LogP contribution in [0.25, 0.3) is 0 Å². The number of hydrogen-bond acceptors (Lipinski definition) is 1. The van der Waals surface area contributed by atoms with Crippen molar-refractivity contribution >= 4 is 12.4 Å². The fraction of sp³-hybridized carbons (Fsp3) is 0.500. The van der Waals surface area contributed by atoms with Gasteiger partial charge in [0.15, 0.2) is 0 Å². The number of hydrogen-bond donors (Lipinski definition) is 1. The van der Waals surface area contributed by atoms with Gasteiger partial charge >= 0.3 is 6.18 Å². The number of nitrogens with one attached hydrogen (secondary N) is 1. The van der Waals surface area contributed by atoms with Crippen molar-refractivity contribution in [3.8, 4) is 0 Å². The summed E-state index contributed by atoms with van der Waals surface area (Å²) >= 11 is 0. The van der Waals surface area contributed by atoms with Gasteiger partial charge in [0.1, 0.15) is 0 Å². The monoisotopic (exact) mass is 267 g/mol. The van der Waals surface area contributed by atoms with Crippen molar-refractivity contribution in [3.63, 3.8) is 0 Å². The lowest BCUT2D eigenvalue weighted by Crippen LogP contribution is -2.21. The van der Waals surface area contributed by atoms with E-state index < -0.39 is 11.7 Å². The van der Waals surface area contributed by atoms with Gasteiger partial charge in [-0.1, -0.05) is 32.0 Å². The maximum atomic E-state index is 12.6. The largest absolute Gasteiger partial charge is 0.416 e. The van der Waals surface area contributed by atoms with E-state index in [0.717, 1.165) is 6.07 Å². The van der Waals surface area contributed by atoms with Crippen molar-refractivity contribution < 1.29 is 13.2 Å². The van der Waals surface area contributed by atoms with Crippen LogP contribution in [0.4, 0.5) is 13.2 Å². The molecule has 0 saturated heterocycles. The molecular weight excluding hydrogens is 251 g/mol. The summed E-state index contributed by atoms with van der Waals surface area (Å²) in [5.74, 6) is 0.429. The van der Waals surface area contributed by atoms with E-state index in [1.165, 1.54) is 12.1 Å². The summed E-state index contributed by atoms with van der Waals surface area (Å²) in [5.41, 5.74) is -0.248. The van der Waals surface area contributed by atoms with E-state index in [1.807, 2.05) is 13.8 Å². The standard InChI is InChI=1S/C12H16F3N.ClH/c1-9(2)7-16-8-10-5-3-4-6-11(10)12(13,14)15;/h3-6,9,16H,7-8H2,1-2H3;1H. The van der Waals surface area contributed by atoms with Crippen LogP contribution in [-0.4, -0.2) is 6.54 Å². The quantitative estimate of drug-likeness (QED) is 0.873. The van der Waals surface area contributed by atoms with E-state index in [9.17, 15) is 13.2 Å². The second-order valence-electron chi connectivity index (χ2n) is 4.18. The molecule has 0 saturated carbocycles. The second-order valence-corrected chi connectivity index (χ2v) is 4.18. The normalized spacial score (nSPS) is 11.4. The molecule has 1 aromatic rings. The minimum Gasteiger partial charge on any atom is -0.312 e. The highest BCUT2D eigenvalue weighted by atomic mass is 35.5. The second kappa shape index (κ2) is 6.87. The zero-order valence-corrected chi connectivity index (χ0v) is 10.7. The zero-order valence-electron chi connectivity index (χ0n) is 9.84. The van der Waals surface area contributed by atoms with Crippen molar-refractivity contribution in [2.45, 2.75) is 26.6 Å². The maximum Gasteiger partial charge on any atom is 0.416 e. The first-order valence-corrected chi connectivity index (χ1v) is 5.27. The Morgan fingerprint density at radius 1 is 1.18 bits per heavy atom. The fourth-order valence-corrected chi connectivity index (χ4v) is 1.45. The third-order valence-corrected chi connectivity index (χ3v) is 2.19. The van der Waals surface area contributed by atoms with Gasteiger partial charge < -0.3 is 5.32 Å². The Morgan fingerprint density at radius 3 is 2.29 bits per heavy atom. The first-order valence-electron chi connectivity index (χ1n) is 5.27. The summed E-state index contributed by atoms with van der Waals surface area (Å²) in [6.07, 6.45) is -4.27. The Balaban J connectivity index is 0.00000256. The molecule has 0 spiro atoms. The molecule has 0 unspecified atom stereocenters. The Hall–Kier alpha value is -0.740. The topological polar surface area (TPSA) is 12.0 Å². The van der Waals surface area contributed by atoms with Gasteiger partial charge in [0.25, 0.3) is 0 Å². The summed E-state index contributed by atoms with van der Waals surface area (Å²) in [6.45, 7) is 5.01. The molecule has 1 nitrogen and oxygen atoms in total. The lowest BCUT2D eigenvalue weighted by molar-refractivity contribution is -0.138. The first kappa shape index (κ1) is 16.3. The SMILES string of the molecule is CC(C)CNCc1ccccc1C(F)(F)F.Cl. The van der Waals surface area contributed by atoms with Crippen molar-refractivity contribution in [2.75, 3.05) is 6.54 Å². The number of benzene rings is 1. The molecule has 0 amide bonds. The Kier molecular flexibility index (Phi) is 6.57. The minimum absolute atomic E-state index is 0. The molecule has 0 aliphatic heterocycles. The van der Waals surface area contributed by atoms with Crippen LogP contribution in [-0.2, 0) is 12.7 Å².